The number of benzene rings is 1. The molecule has 1 unspecified atom stereocenters. The summed E-state index contributed by atoms with van der Waals surface area (Å²) in [5, 5.41) is 0. The van der Waals surface area contributed by atoms with Crippen molar-refractivity contribution in [2.75, 3.05) is 11.6 Å². The SMILES string of the molecule is Cc1ccc(N2C(=O)CC(CF)C2=O)cc1. The van der Waals surface area contributed by atoms with E-state index in [0.717, 1.165) is 10.5 Å². The van der Waals surface area contributed by atoms with E-state index < -0.39 is 18.5 Å². The molecule has 0 radical (unpaired) electrons. The minimum absolute atomic E-state index is 0.0246. The molecule has 0 spiro atoms. The lowest BCUT2D eigenvalue weighted by Gasteiger charge is -2.14. The number of carbonyl (C=O) groups excluding carboxylic acids is 2. The summed E-state index contributed by atoms with van der Waals surface area (Å²) in [5.74, 6) is -1.55. The van der Waals surface area contributed by atoms with E-state index in [2.05, 4.69) is 0 Å². The average Bonchev–Trinajstić information content (AvgIpc) is 2.56. The van der Waals surface area contributed by atoms with Crippen LogP contribution in [0.4, 0.5) is 10.1 Å². The third-order valence-corrected chi connectivity index (χ3v) is 2.72. The maximum Gasteiger partial charge on any atom is 0.240 e. The van der Waals surface area contributed by atoms with Gasteiger partial charge in [0.15, 0.2) is 0 Å². The molecular formula is C12H12FNO2. The van der Waals surface area contributed by atoms with E-state index in [-0.39, 0.29) is 12.3 Å². The number of amides is 2. The molecule has 4 heteroatoms. The van der Waals surface area contributed by atoms with Crippen LogP contribution in [0.3, 0.4) is 0 Å². The Balaban J connectivity index is 2.31. The molecule has 0 aromatic heterocycles. The fourth-order valence-electron chi connectivity index (χ4n) is 1.78. The first kappa shape index (κ1) is 10.8. The number of anilines is 1. The van der Waals surface area contributed by atoms with E-state index in [4.69, 9.17) is 0 Å². The predicted octanol–water partition coefficient (Wildman–Crippen LogP) is 1.84. The van der Waals surface area contributed by atoms with Crippen molar-refractivity contribution in [3.05, 3.63) is 29.8 Å². The standard InChI is InChI=1S/C12H12FNO2/c1-8-2-4-10(5-3-8)14-11(15)6-9(7-13)12(14)16/h2-5,9H,6-7H2,1H3. The number of rotatable bonds is 2. The van der Waals surface area contributed by atoms with Gasteiger partial charge >= 0.3 is 0 Å². The van der Waals surface area contributed by atoms with Crippen LogP contribution in [0.25, 0.3) is 0 Å². The van der Waals surface area contributed by atoms with Crippen molar-refractivity contribution in [3.63, 3.8) is 0 Å². The summed E-state index contributed by atoms with van der Waals surface area (Å²) in [6.45, 7) is 1.15. The smallest absolute Gasteiger partial charge is 0.240 e. The maximum absolute atomic E-state index is 12.5. The molecule has 3 nitrogen and oxygen atoms in total. The lowest BCUT2D eigenvalue weighted by molar-refractivity contribution is -0.122. The van der Waals surface area contributed by atoms with Crippen LogP contribution in [0.15, 0.2) is 24.3 Å². The fourth-order valence-corrected chi connectivity index (χ4v) is 1.78. The third-order valence-electron chi connectivity index (χ3n) is 2.72. The fraction of sp³-hybridized carbons (Fsp3) is 0.333. The Kier molecular flexibility index (Phi) is 2.73. The highest BCUT2D eigenvalue weighted by Gasteiger charge is 2.39. The second-order valence-corrected chi connectivity index (χ2v) is 3.96. The topological polar surface area (TPSA) is 37.4 Å². The number of hydrogen-bond donors (Lipinski definition) is 0. The highest BCUT2D eigenvalue weighted by atomic mass is 19.1. The summed E-state index contributed by atoms with van der Waals surface area (Å²) in [7, 11) is 0. The molecule has 1 fully saturated rings. The van der Waals surface area contributed by atoms with Gasteiger partial charge in [-0.25, -0.2) is 0 Å². The van der Waals surface area contributed by atoms with Gasteiger partial charge in [0.1, 0.15) is 6.67 Å². The van der Waals surface area contributed by atoms with Crippen LogP contribution < -0.4 is 4.90 Å². The van der Waals surface area contributed by atoms with Crippen molar-refractivity contribution < 1.29 is 14.0 Å². The van der Waals surface area contributed by atoms with Crippen LogP contribution in [0, 0.1) is 12.8 Å². The number of imide groups is 1. The molecule has 0 bridgehead atoms. The Morgan fingerprint density at radius 2 is 1.94 bits per heavy atom. The van der Waals surface area contributed by atoms with E-state index in [1.165, 1.54) is 0 Å². The largest absolute Gasteiger partial charge is 0.274 e. The maximum atomic E-state index is 12.5. The summed E-state index contributed by atoms with van der Waals surface area (Å²) in [5.41, 5.74) is 1.57. The van der Waals surface area contributed by atoms with Crippen molar-refractivity contribution in [2.24, 2.45) is 5.92 Å². The third kappa shape index (κ3) is 1.71. The Hall–Kier alpha value is -1.71. The van der Waals surface area contributed by atoms with Crippen LogP contribution in [-0.2, 0) is 9.59 Å². The van der Waals surface area contributed by atoms with Gasteiger partial charge in [0, 0.05) is 6.42 Å². The molecule has 1 atom stereocenters. The first-order valence-corrected chi connectivity index (χ1v) is 5.13. The molecule has 1 heterocycles. The zero-order chi connectivity index (χ0) is 11.7. The minimum Gasteiger partial charge on any atom is -0.274 e. The molecule has 1 aromatic rings. The summed E-state index contributed by atoms with van der Waals surface area (Å²) in [4.78, 5) is 24.3. The molecule has 1 saturated heterocycles. The van der Waals surface area contributed by atoms with Gasteiger partial charge in [-0.3, -0.25) is 18.9 Å². The molecule has 0 N–H and O–H groups in total. The van der Waals surface area contributed by atoms with E-state index in [1.807, 2.05) is 19.1 Å². The lowest BCUT2D eigenvalue weighted by atomic mass is 10.1. The van der Waals surface area contributed by atoms with Crippen molar-refractivity contribution in [3.8, 4) is 0 Å². The second kappa shape index (κ2) is 4.04. The minimum atomic E-state index is -0.797. The lowest BCUT2D eigenvalue weighted by Crippen LogP contribution is -2.30. The first-order valence-electron chi connectivity index (χ1n) is 5.13. The Labute approximate surface area is 92.9 Å². The number of carbonyl (C=O) groups is 2. The van der Waals surface area contributed by atoms with Gasteiger partial charge in [-0.1, -0.05) is 17.7 Å². The Morgan fingerprint density at radius 1 is 1.31 bits per heavy atom. The summed E-state index contributed by atoms with van der Waals surface area (Å²) < 4.78 is 12.5. The van der Waals surface area contributed by atoms with Crippen molar-refractivity contribution in [1.29, 1.82) is 0 Å². The van der Waals surface area contributed by atoms with E-state index in [1.54, 1.807) is 12.1 Å². The van der Waals surface area contributed by atoms with E-state index >= 15 is 0 Å². The van der Waals surface area contributed by atoms with Gasteiger partial charge in [0.2, 0.25) is 11.8 Å². The van der Waals surface area contributed by atoms with Gasteiger partial charge in [0.25, 0.3) is 0 Å². The van der Waals surface area contributed by atoms with Crippen LogP contribution in [0.2, 0.25) is 0 Å². The van der Waals surface area contributed by atoms with Gasteiger partial charge in [-0.15, -0.1) is 0 Å². The number of nitrogens with zero attached hydrogens (tertiary/aromatic N) is 1. The van der Waals surface area contributed by atoms with Gasteiger partial charge in [-0.05, 0) is 19.1 Å². The highest BCUT2D eigenvalue weighted by molar-refractivity contribution is 6.20. The second-order valence-electron chi connectivity index (χ2n) is 3.96. The summed E-state index contributed by atoms with van der Waals surface area (Å²) in [6, 6.07) is 7.04. The van der Waals surface area contributed by atoms with Crippen LogP contribution >= 0.6 is 0 Å². The molecule has 2 amide bonds. The first-order chi connectivity index (χ1) is 7.63. The molecule has 84 valence electrons. The Morgan fingerprint density at radius 3 is 2.44 bits per heavy atom. The summed E-state index contributed by atoms with van der Waals surface area (Å²) in [6.07, 6.45) is -0.0246. The quantitative estimate of drug-likeness (QED) is 0.714. The van der Waals surface area contributed by atoms with E-state index in [9.17, 15) is 14.0 Å². The Bertz CT molecular complexity index is 427. The van der Waals surface area contributed by atoms with Gasteiger partial charge < -0.3 is 0 Å². The van der Waals surface area contributed by atoms with E-state index in [0.29, 0.717) is 5.69 Å². The van der Waals surface area contributed by atoms with Crippen LogP contribution in [-0.4, -0.2) is 18.5 Å². The molecule has 1 aliphatic rings. The number of alkyl halides is 1. The highest BCUT2D eigenvalue weighted by Crippen LogP contribution is 2.26. The molecule has 0 saturated carbocycles. The normalized spacial score (nSPS) is 20.6. The molecule has 2 rings (SSSR count). The molecule has 16 heavy (non-hydrogen) atoms. The zero-order valence-corrected chi connectivity index (χ0v) is 8.94. The van der Waals surface area contributed by atoms with Crippen LogP contribution in [0.1, 0.15) is 12.0 Å². The molecule has 1 aliphatic heterocycles. The number of halogens is 1. The predicted molar refractivity (Wildman–Crippen MR) is 57.8 cm³/mol. The van der Waals surface area contributed by atoms with Crippen LogP contribution in [0.5, 0.6) is 0 Å². The van der Waals surface area contributed by atoms with Crippen molar-refractivity contribution in [1.82, 2.24) is 0 Å². The van der Waals surface area contributed by atoms with Gasteiger partial charge in [-0.2, -0.15) is 0 Å². The van der Waals surface area contributed by atoms with Crippen molar-refractivity contribution in [2.45, 2.75) is 13.3 Å². The van der Waals surface area contributed by atoms with Gasteiger partial charge in [0.05, 0.1) is 11.6 Å². The zero-order valence-electron chi connectivity index (χ0n) is 8.94. The molecule has 0 aliphatic carbocycles. The van der Waals surface area contributed by atoms with Crippen molar-refractivity contribution >= 4 is 17.5 Å². The molecule has 1 aromatic carbocycles. The average molecular weight is 221 g/mol. The summed E-state index contributed by atoms with van der Waals surface area (Å²) >= 11 is 0. The monoisotopic (exact) mass is 221 g/mol. The molecular weight excluding hydrogens is 209 g/mol. The number of aryl methyl sites for hydroxylation is 1. The number of hydrogen-bond acceptors (Lipinski definition) is 2.